The summed E-state index contributed by atoms with van der Waals surface area (Å²) in [5.41, 5.74) is 0. The topological polar surface area (TPSA) is 668 Å². The van der Waals surface area contributed by atoms with Crippen molar-refractivity contribution < 1.29 is 188 Å². The molecule has 4 amide bonds. The first kappa shape index (κ1) is 112. The Bertz CT molecular complexity index is 3240. The first-order chi connectivity index (χ1) is 61.0. The number of carboxylic acids is 2. The highest BCUT2D eigenvalue weighted by atomic mass is 16.8. The lowest BCUT2D eigenvalue weighted by atomic mass is 9.87. The molecular weight excluding hydrogens is 1700 g/mol. The molecule has 6 aliphatic heterocycles. The summed E-state index contributed by atoms with van der Waals surface area (Å²) < 4.78 is 66.5. The van der Waals surface area contributed by atoms with Gasteiger partial charge in [-0.1, -0.05) is 193 Å². The molecule has 6 heterocycles. The van der Waals surface area contributed by atoms with Gasteiger partial charge in [-0.25, -0.2) is 9.59 Å². The molecule has 744 valence electrons. The van der Waals surface area contributed by atoms with Crippen LogP contribution in [0, 0.1) is 0 Å². The lowest BCUT2D eigenvalue weighted by molar-refractivity contribution is -0.404. The van der Waals surface area contributed by atoms with Crippen molar-refractivity contribution in [3.8, 4) is 0 Å². The zero-order chi connectivity index (χ0) is 94.7. The number of nitrogens with one attached hydrogen (secondary N) is 3. The van der Waals surface area contributed by atoms with Crippen LogP contribution in [0.4, 0.5) is 0 Å². The van der Waals surface area contributed by atoms with Gasteiger partial charge in [0.05, 0.1) is 82.2 Å². The second kappa shape index (κ2) is 56.6. The van der Waals surface area contributed by atoms with Crippen LogP contribution in [0.1, 0.15) is 247 Å². The Morgan fingerprint density at radius 2 is 0.930 bits per heavy atom. The normalized spacial score (nSPS) is 34.9. The second-order valence-electron chi connectivity index (χ2n) is 35.0. The van der Waals surface area contributed by atoms with E-state index in [0.717, 1.165) is 85.0 Å². The van der Waals surface area contributed by atoms with Crippen molar-refractivity contribution in [1.82, 2.24) is 20.9 Å². The summed E-state index contributed by atoms with van der Waals surface area (Å²) >= 11 is 0. The van der Waals surface area contributed by atoms with Crippen LogP contribution in [0.15, 0.2) is 12.2 Å². The predicted molar refractivity (Wildman–Crippen MR) is 447 cm³/mol. The largest absolute Gasteiger partial charge is 0.477 e. The van der Waals surface area contributed by atoms with Crippen LogP contribution in [0.2, 0.25) is 0 Å². The molecule has 0 saturated carbocycles. The lowest BCUT2D eigenvalue weighted by Crippen LogP contribution is -2.73. The highest BCUT2D eigenvalue weighted by molar-refractivity contribution is 5.78. The Balaban J connectivity index is 1.32. The number of aliphatic carboxylic acids is 2. The highest BCUT2D eigenvalue weighted by Crippen LogP contribution is 2.44. The van der Waals surface area contributed by atoms with Gasteiger partial charge in [0.15, 0.2) is 25.1 Å². The predicted octanol–water partition coefficient (Wildman–Crippen LogP) is -2.37. The number of allylic oxidation sites excluding steroid dienone is 1. The maximum Gasteiger partial charge on any atom is 0.364 e. The van der Waals surface area contributed by atoms with Crippen molar-refractivity contribution in [1.29, 1.82) is 0 Å². The molecule has 0 spiro atoms. The monoisotopic (exact) mass is 1850 g/mol. The van der Waals surface area contributed by atoms with Crippen LogP contribution < -0.4 is 16.0 Å². The second-order valence-corrected chi connectivity index (χ2v) is 35.0. The molecule has 6 aliphatic rings. The Kier molecular flexibility index (Phi) is 49.6. The number of aliphatic hydroxyl groups is 19. The van der Waals surface area contributed by atoms with Gasteiger partial charge in [0.1, 0.15) is 128 Å². The Morgan fingerprint density at radius 1 is 0.477 bits per heavy atom. The molecule has 34 atom stereocenters. The summed E-state index contributed by atoms with van der Waals surface area (Å²) in [7, 11) is 0. The maximum absolute atomic E-state index is 14.4. The van der Waals surface area contributed by atoms with E-state index >= 15 is 0 Å². The van der Waals surface area contributed by atoms with Crippen LogP contribution >= 0.6 is 0 Å². The van der Waals surface area contributed by atoms with Crippen LogP contribution in [-0.4, -0.2) is 395 Å². The number of carbonyl (C=O) groups is 6. The third-order valence-corrected chi connectivity index (χ3v) is 24.9. The zero-order valence-corrected chi connectivity index (χ0v) is 74.8. The molecule has 6 rings (SSSR count). The number of amides is 4. The summed E-state index contributed by atoms with van der Waals surface area (Å²) in [5.74, 6) is -15.3. The van der Waals surface area contributed by atoms with Gasteiger partial charge in [-0.05, 0) is 26.2 Å². The van der Waals surface area contributed by atoms with Gasteiger partial charge < -0.3 is 180 Å². The highest BCUT2D eigenvalue weighted by Gasteiger charge is 2.65. The lowest BCUT2D eigenvalue weighted by Gasteiger charge is -2.54. The van der Waals surface area contributed by atoms with E-state index in [1.807, 2.05) is 0 Å². The summed E-state index contributed by atoms with van der Waals surface area (Å²) in [6.07, 6.45) is -29.9. The number of carbonyl (C=O) groups excluding carboxylic acids is 4. The van der Waals surface area contributed by atoms with Gasteiger partial charge in [-0.15, -0.1) is 0 Å². The van der Waals surface area contributed by atoms with Gasteiger partial charge in [-0.3, -0.25) is 19.2 Å². The number of rotatable bonds is 59. The van der Waals surface area contributed by atoms with Crippen molar-refractivity contribution in [3.05, 3.63) is 12.2 Å². The van der Waals surface area contributed by atoms with Crippen LogP contribution in [0.5, 0.6) is 0 Å². The fourth-order valence-corrected chi connectivity index (χ4v) is 17.5. The quantitative estimate of drug-likeness (QED) is 0.0223. The van der Waals surface area contributed by atoms with E-state index in [2.05, 4.69) is 29.8 Å². The van der Waals surface area contributed by atoms with Crippen LogP contribution in [0.25, 0.3) is 0 Å². The van der Waals surface area contributed by atoms with E-state index in [1.54, 1.807) is 6.08 Å². The average molecular weight is 1850 g/mol. The molecule has 0 aromatic heterocycles. The maximum atomic E-state index is 14.4. The molecule has 0 radical (unpaired) electrons. The van der Waals surface area contributed by atoms with Gasteiger partial charge >= 0.3 is 11.9 Å². The van der Waals surface area contributed by atoms with Crippen molar-refractivity contribution in [2.75, 3.05) is 39.6 Å². The molecule has 0 bridgehead atoms. The van der Waals surface area contributed by atoms with E-state index in [4.69, 9.17) is 52.1 Å². The SMILES string of the molecule is CCCCCCCCCCCCC/C=C/[C@@H](O)[C@H](CO[C@@H]1OC(CO)[C@@H](O[C@@H]2OC(CO)[C@H](O[C@@H]3OC(CO)[C@H](O)[C@H](O)C3N(C(C)=O)[C@H]3OC(C)[C@@H](O)C(O)[C@@H]3O)[C@H](O[C@]3(C(=O)O)CC(O)[C@@H](NC(C)=O)C([C@H](O)[C@@H](CO)O[C@]4(C(=O)O)CC(O)[C@@H](NC(C)=O)C([C@H](O)[C@H](O)CO)O4)O3)C2O)[C@H](O)C1O)NC(=O)CCCCCCCCCCCCCCCCCCC. The number of hydrogen-bond donors (Lipinski definition) is 24. The molecule has 128 heavy (non-hydrogen) atoms. The first-order valence-corrected chi connectivity index (χ1v) is 46.1. The van der Waals surface area contributed by atoms with E-state index < -0.39 is 295 Å². The van der Waals surface area contributed by atoms with E-state index in [9.17, 15) is 136 Å². The fraction of sp³-hybridized carbons (Fsp3) is 0.907. The van der Waals surface area contributed by atoms with Gasteiger partial charge in [0, 0.05) is 40.0 Å². The molecule has 42 heteroatoms. The van der Waals surface area contributed by atoms with Crippen LogP contribution in [0.3, 0.4) is 0 Å². The van der Waals surface area contributed by atoms with Gasteiger partial charge in [0.2, 0.25) is 23.6 Å². The number of hydrogen-bond acceptors (Lipinski definition) is 36. The minimum Gasteiger partial charge on any atom is -0.477 e. The molecule has 6 fully saturated rings. The Labute approximate surface area is 747 Å². The van der Waals surface area contributed by atoms with Crippen molar-refractivity contribution in [2.24, 2.45) is 0 Å². The number of nitrogens with zero attached hydrogens (tertiary/aromatic N) is 1. The third kappa shape index (κ3) is 32.0. The molecule has 6 saturated heterocycles. The van der Waals surface area contributed by atoms with Gasteiger partial charge in [-0.2, -0.15) is 0 Å². The minimum absolute atomic E-state index is 0.0850. The molecule has 12 unspecified atom stereocenters. The number of carboxylic acid groups (broad SMARTS) is 2. The molecule has 24 N–H and O–H groups in total. The first-order valence-electron chi connectivity index (χ1n) is 46.1. The van der Waals surface area contributed by atoms with Crippen molar-refractivity contribution >= 4 is 35.6 Å². The Hall–Kier alpha value is -4.64. The molecule has 42 nitrogen and oxygen atoms in total. The molecule has 0 aliphatic carbocycles. The number of aliphatic hydroxyl groups excluding tert-OH is 19. The minimum atomic E-state index is -3.71. The summed E-state index contributed by atoms with van der Waals surface area (Å²) in [6.45, 7) is 1.10. The fourth-order valence-electron chi connectivity index (χ4n) is 17.5. The third-order valence-electron chi connectivity index (χ3n) is 24.9. The smallest absolute Gasteiger partial charge is 0.364 e. The average Bonchev–Trinajstić information content (AvgIpc) is 0.745. The van der Waals surface area contributed by atoms with Crippen molar-refractivity contribution in [3.63, 3.8) is 0 Å². The molecule has 0 aromatic rings. The molecule has 0 aromatic carbocycles. The Morgan fingerprint density at radius 3 is 1.41 bits per heavy atom. The summed E-state index contributed by atoms with van der Waals surface area (Å²) in [6, 6.07) is -7.41. The van der Waals surface area contributed by atoms with Gasteiger partial charge in [0.25, 0.3) is 11.6 Å². The van der Waals surface area contributed by atoms with E-state index in [-0.39, 0.29) is 6.42 Å². The summed E-state index contributed by atoms with van der Waals surface area (Å²) in [4.78, 5) is 81.7. The van der Waals surface area contributed by atoms with E-state index in [1.165, 1.54) is 122 Å². The van der Waals surface area contributed by atoms with E-state index in [0.29, 0.717) is 17.7 Å². The van der Waals surface area contributed by atoms with Crippen molar-refractivity contribution in [2.45, 2.75) is 454 Å². The number of unbranched alkanes of at least 4 members (excludes halogenated alkanes) is 27. The van der Waals surface area contributed by atoms with Crippen LogP contribution in [-0.2, 0) is 80.9 Å². The summed E-state index contributed by atoms with van der Waals surface area (Å²) in [5, 5.41) is 247. The molecular formula is C86H152N4O38. The number of ether oxygens (including phenoxy) is 11. The zero-order valence-electron chi connectivity index (χ0n) is 74.8. The standard InChI is InChI=1S/C86H152N4O38/c1-7-9-11-13-15-17-19-21-22-23-24-26-28-30-32-34-36-38-60(103)89-51(52(99)37-35-33-31-29-27-25-20-18-16-14-12-10-8-2)46-118-81-72(112)70(110)74(58(44-94)121-81)123-82-73(113)78(75(59(45-95)122-82)124-80-63(68(108)66(106)56(42-92)120-80)90(50(6)98)79-71(111)69(109)64(104)47(3)119-79)128-86(84(116)117)40-54(101)62(88-49(5)97)77(127-86)67(107)57(43-93)125-85(83(114)115)39-53(100)61(87-48(4)96)76(126-85)65(105)55(102)41-91/h35,37,47,51-59,61-82,91-95,99-102,104-113H,7-34,36,38-46H2,1-6H3,(H,87,96)(H,88,97)(H,89,103)(H,114,115)(H,116,117)/b37-35+/t47?,51-,52+,53?,54?,55+,56?,57+,58?,59?,61+,62+,63?,64+,65+,66-,67+,68+,69?,70+,71-,72?,73?,74+,75-,76?,77?,78+,79-,80-,81+,82-,85+,86-/m0/s1.